The van der Waals surface area contributed by atoms with Crippen LogP contribution in [0.2, 0.25) is 0 Å². The van der Waals surface area contributed by atoms with Crippen LogP contribution < -0.4 is 0 Å². The minimum atomic E-state index is -1.86. The monoisotopic (exact) mass is 1080 g/mol. The fraction of sp³-hybridized carbons (Fsp3) is 0.923. The number of hydrogen-bond acceptors (Lipinski definition) is 23. The summed E-state index contributed by atoms with van der Waals surface area (Å²) >= 11 is 0. The van der Waals surface area contributed by atoms with Crippen LogP contribution in [0.15, 0.2) is 23.8 Å². The summed E-state index contributed by atoms with van der Waals surface area (Å²) in [6.07, 6.45) is -21.7. The molecule has 0 amide bonds. The fourth-order valence-corrected chi connectivity index (χ4v) is 15.1. The van der Waals surface area contributed by atoms with Crippen molar-refractivity contribution in [2.75, 3.05) is 26.4 Å². The van der Waals surface area contributed by atoms with E-state index in [1.54, 1.807) is 0 Å². The zero-order valence-corrected chi connectivity index (χ0v) is 43.4. The van der Waals surface area contributed by atoms with E-state index in [0.29, 0.717) is 42.6 Å². The molecular formula is C52H84O23. The lowest BCUT2D eigenvalue weighted by Gasteiger charge is -2.58. The van der Waals surface area contributed by atoms with Crippen molar-refractivity contribution >= 4 is 0 Å². The molecule has 0 spiro atoms. The number of hydrogen-bond donors (Lipinski definition) is 14. The van der Waals surface area contributed by atoms with Gasteiger partial charge in [0.15, 0.2) is 30.4 Å². The van der Waals surface area contributed by atoms with Crippen molar-refractivity contribution in [3.05, 3.63) is 23.8 Å². The summed E-state index contributed by atoms with van der Waals surface area (Å²) in [5, 5.41) is 149. The molecule has 19 unspecified atom stereocenters. The summed E-state index contributed by atoms with van der Waals surface area (Å²) in [7, 11) is 0. The predicted octanol–water partition coefficient (Wildman–Crippen LogP) is -2.70. The van der Waals surface area contributed by atoms with E-state index in [1.165, 1.54) is 19.4 Å². The molecule has 5 aliphatic heterocycles. The van der Waals surface area contributed by atoms with Gasteiger partial charge in [-0.3, -0.25) is 0 Å². The van der Waals surface area contributed by atoms with E-state index < -0.39 is 154 Å². The average Bonchev–Trinajstić information content (AvgIpc) is 3.83. The number of rotatable bonds is 15. The first-order valence-corrected chi connectivity index (χ1v) is 27.0. The van der Waals surface area contributed by atoms with Gasteiger partial charge in [0.2, 0.25) is 0 Å². The molecular weight excluding hydrogens is 993 g/mol. The van der Waals surface area contributed by atoms with Gasteiger partial charge in [-0.2, -0.15) is 0 Å². The van der Waals surface area contributed by atoms with Crippen molar-refractivity contribution in [3.63, 3.8) is 0 Å². The first kappa shape index (κ1) is 58.2. The molecule has 3 saturated carbocycles. The van der Waals surface area contributed by atoms with E-state index in [2.05, 4.69) is 33.4 Å². The molecule has 75 heavy (non-hydrogen) atoms. The lowest BCUT2D eigenvalue weighted by atomic mass is 9.47. The molecule has 0 aromatic heterocycles. The molecule has 5 heterocycles. The van der Waals surface area contributed by atoms with Gasteiger partial charge < -0.3 is 114 Å². The molecule has 0 aromatic carbocycles. The molecule has 9 aliphatic rings. The van der Waals surface area contributed by atoms with Crippen LogP contribution in [0.25, 0.3) is 0 Å². The Labute approximate surface area is 436 Å². The molecule has 5 saturated heterocycles. The van der Waals surface area contributed by atoms with Crippen molar-refractivity contribution in [2.45, 2.75) is 233 Å². The highest BCUT2D eigenvalue weighted by Crippen LogP contribution is 2.70. The highest BCUT2D eigenvalue weighted by atomic mass is 16.8. The Morgan fingerprint density at radius 2 is 1.29 bits per heavy atom. The van der Waals surface area contributed by atoms with Crippen LogP contribution in [-0.2, 0) is 42.6 Å². The van der Waals surface area contributed by atoms with E-state index in [9.17, 15) is 71.5 Å². The summed E-state index contributed by atoms with van der Waals surface area (Å²) in [6.45, 7) is 11.6. The van der Waals surface area contributed by atoms with Crippen molar-refractivity contribution < 1.29 is 114 Å². The molecule has 8 fully saturated rings. The standard InChI is InChI=1S/C52H84O23/c1-21(20-67-51(6)45(65)39(61)36(58)31(18-54)74-51)9-14-52(66)22(2)33-29(75-52)16-28-26-8-7-24-15-25(10-12-49(24,4)27(26)11-13-50(28,33)5)69-48-44(73-46-40(62)37(59)34(56)23(3)68-46)42(64)43(32(19-55)71-48)72-47-41(63)38(60)35(57)30(17-53)70-47/h7,22-23,25-48,53-66H,1,8-20H2,2-6H3/t22-,23?,25?,26?,27?,28?,29?,30?,31?,32?,33?,34?,35?,36?,37-,38+,39+,40-,41-,42+,43?,44-,45-,46?,47?,48?,49-,50-,51?,52?/m0/s1. The molecule has 4 aliphatic carbocycles. The maximum absolute atomic E-state index is 12.1. The van der Waals surface area contributed by atoms with Crippen LogP contribution in [0.1, 0.15) is 92.4 Å². The van der Waals surface area contributed by atoms with Crippen LogP contribution >= 0.6 is 0 Å². The van der Waals surface area contributed by atoms with Gasteiger partial charge in [-0.25, -0.2) is 0 Å². The Hall–Kier alpha value is -1.44. The summed E-state index contributed by atoms with van der Waals surface area (Å²) in [5.41, 5.74) is 1.57. The number of ether oxygens (including phenoxy) is 9. The van der Waals surface area contributed by atoms with Gasteiger partial charge in [0, 0.05) is 12.3 Å². The molecule has 14 N–H and O–H groups in total. The Morgan fingerprint density at radius 1 is 0.667 bits per heavy atom. The van der Waals surface area contributed by atoms with Crippen LogP contribution in [0.4, 0.5) is 0 Å². The molecule has 23 heteroatoms. The summed E-state index contributed by atoms with van der Waals surface area (Å²) < 4.78 is 54.6. The first-order chi connectivity index (χ1) is 35.3. The molecule has 0 bridgehead atoms. The van der Waals surface area contributed by atoms with Gasteiger partial charge in [0.1, 0.15) is 91.6 Å². The van der Waals surface area contributed by atoms with Crippen LogP contribution in [0, 0.1) is 40.4 Å². The fourth-order valence-electron chi connectivity index (χ4n) is 15.1. The lowest BCUT2D eigenvalue weighted by Crippen LogP contribution is -2.67. The molecule has 0 radical (unpaired) electrons. The molecule has 23 nitrogen and oxygen atoms in total. The smallest absolute Gasteiger partial charge is 0.195 e. The average molecular weight is 1080 g/mol. The summed E-state index contributed by atoms with van der Waals surface area (Å²) in [5.74, 6) is -2.15. The van der Waals surface area contributed by atoms with Gasteiger partial charge in [-0.05, 0) is 99.7 Å². The summed E-state index contributed by atoms with van der Waals surface area (Å²) in [6, 6.07) is 0. The second-order valence-electron chi connectivity index (χ2n) is 24.0. The van der Waals surface area contributed by atoms with E-state index >= 15 is 0 Å². The predicted molar refractivity (Wildman–Crippen MR) is 255 cm³/mol. The Balaban J connectivity index is 0.851. The van der Waals surface area contributed by atoms with Gasteiger partial charge in [0.25, 0.3) is 0 Å². The maximum Gasteiger partial charge on any atom is 0.195 e. The van der Waals surface area contributed by atoms with Crippen LogP contribution in [0.3, 0.4) is 0 Å². The second-order valence-corrected chi connectivity index (χ2v) is 24.0. The van der Waals surface area contributed by atoms with Crippen molar-refractivity contribution in [1.82, 2.24) is 0 Å². The van der Waals surface area contributed by atoms with Crippen molar-refractivity contribution in [2.24, 2.45) is 40.4 Å². The van der Waals surface area contributed by atoms with Gasteiger partial charge >= 0.3 is 0 Å². The van der Waals surface area contributed by atoms with E-state index in [4.69, 9.17) is 42.6 Å². The lowest BCUT2D eigenvalue weighted by molar-refractivity contribution is -0.389. The number of aliphatic hydroxyl groups is 14. The number of aliphatic hydroxyl groups excluding tert-OH is 13. The second kappa shape index (κ2) is 22.1. The highest BCUT2D eigenvalue weighted by Gasteiger charge is 2.68. The maximum atomic E-state index is 12.1. The van der Waals surface area contributed by atoms with E-state index in [-0.39, 0.29) is 41.8 Å². The van der Waals surface area contributed by atoms with E-state index in [0.717, 1.165) is 32.1 Å². The molecule has 0 aromatic rings. The topological polar surface area (TPSA) is 366 Å². The van der Waals surface area contributed by atoms with Crippen molar-refractivity contribution in [1.29, 1.82) is 0 Å². The summed E-state index contributed by atoms with van der Waals surface area (Å²) in [4.78, 5) is 0. The van der Waals surface area contributed by atoms with Crippen LogP contribution in [-0.4, -0.2) is 238 Å². The Morgan fingerprint density at radius 3 is 1.97 bits per heavy atom. The van der Waals surface area contributed by atoms with Gasteiger partial charge in [-0.15, -0.1) is 0 Å². The Bertz CT molecular complexity index is 2010. The third-order valence-corrected chi connectivity index (χ3v) is 19.7. The normalized spacial score (nSPS) is 54.8. The third kappa shape index (κ3) is 10.3. The van der Waals surface area contributed by atoms with Gasteiger partial charge in [-0.1, -0.05) is 44.6 Å². The minimum Gasteiger partial charge on any atom is -0.394 e. The molecule has 30 atom stereocenters. The largest absolute Gasteiger partial charge is 0.394 e. The van der Waals surface area contributed by atoms with Crippen LogP contribution in [0.5, 0.6) is 0 Å². The zero-order valence-electron chi connectivity index (χ0n) is 43.4. The highest BCUT2D eigenvalue weighted by molar-refractivity contribution is 5.26. The number of fused-ring (bicyclic) bond motifs is 7. The molecule has 9 rings (SSSR count). The first-order valence-electron chi connectivity index (χ1n) is 27.0. The van der Waals surface area contributed by atoms with E-state index in [1.807, 2.05) is 0 Å². The van der Waals surface area contributed by atoms with Crippen molar-refractivity contribution in [3.8, 4) is 0 Å². The SMILES string of the molecule is C=C(CCC1(O)OC2CC3C4CC=C5CC(OC6OC(CO)C(OC7OC(CO)C(O)[C@@H](O)[C@@H]7O)[C@@H](O)[C@@H]6OC6OC(C)C(O)[C@H](O)[C@@H]6O)CC[C@]5(C)C4CC[C@]3(C)C2[C@@H]1C)COC1(C)OC(CO)C(O)[C@@H](O)[C@@H]1O. The minimum absolute atomic E-state index is 0.0715. The van der Waals surface area contributed by atoms with Gasteiger partial charge in [0.05, 0.1) is 44.7 Å². The molecule has 430 valence electrons. The number of allylic oxidation sites excluding steroid dienone is 1. The third-order valence-electron chi connectivity index (χ3n) is 19.7. The zero-order chi connectivity index (χ0) is 54.4. The Kier molecular flexibility index (Phi) is 17.2. The quantitative estimate of drug-likeness (QED) is 0.0742.